The van der Waals surface area contributed by atoms with Crippen LogP contribution in [-0.4, -0.2) is 4.57 Å². The van der Waals surface area contributed by atoms with Crippen molar-refractivity contribution >= 4 is 0 Å². The quantitative estimate of drug-likeness (QED) is 0.0560. The molecule has 0 saturated carbocycles. The number of hydrogen-bond acceptors (Lipinski definition) is 0. The molecule has 2 heteroatoms. The smallest absolute Gasteiger partial charge is 0.234 e. The highest BCUT2D eigenvalue weighted by molar-refractivity contribution is 4.84. The monoisotopic (exact) mass is 588 g/mol. The fourth-order valence-electron chi connectivity index (χ4n) is 6.68. The van der Waals surface area contributed by atoms with Gasteiger partial charge in [-0.05, 0) is 32.1 Å². The van der Waals surface area contributed by atoms with E-state index in [1.807, 2.05) is 0 Å². The third-order valence-electron chi connectivity index (χ3n) is 9.60. The molecule has 42 heavy (non-hydrogen) atoms. The molecule has 2 nitrogen and oxygen atoms in total. The Kier molecular flexibility index (Phi) is 29.5. The van der Waals surface area contributed by atoms with Crippen LogP contribution in [0.5, 0.6) is 0 Å². The molecule has 0 aliphatic rings. The molecular formula is C40H79N2+. The van der Waals surface area contributed by atoms with Gasteiger partial charge in [0.15, 0.2) is 0 Å². The molecule has 1 aromatic heterocycles. The zero-order chi connectivity index (χ0) is 30.2. The minimum Gasteiger partial charge on any atom is -0.234 e. The largest absolute Gasteiger partial charge is 0.256 e. The molecule has 0 radical (unpaired) electrons. The molecule has 0 aliphatic heterocycles. The second-order valence-corrected chi connectivity index (χ2v) is 13.8. The topological polar surface area (TPSA) is 8.81 Å². The van der Waals surface area contributed by atoms with Crippen molar-refractivity contribution in [3.05, 3.63) is 18.2 Å². The second-order valence-electron chi connectivity index (χ2n) is 13.8. The first-order valence-electron chi connectivity index (χ1n) is 19.9. The summed E-state index contributed by atoms with van der Waals surface area (Å²) in [6, 6.07) is 0. The maximum Gasteiger partial charge on any atom is 0.256 e. The average molecular weight is 588 g/mol. The Morgan fingerprint density at radius 2 is 0.738 bits per heavy atom. The molecule has 1 rings (SSSR count). The van der Waals surface area contributed by atoms with Crippen molar-refractivity contribution in [2.75, 3.05) is 0 Å². The van der Waals surface area contributed by atoms with Gasteiger partial charge in [-0.15, -0.1) is 0 Å². The number of aromatic nitrogens is 2. The van der Waals surface area contributed by atoms with Crippen molar-refractivity contribution in [2.45, 2.75) is 239 Å². The number of aryl methyl sites for hydroxylation is 2. The molecule has 1 aromatic rings. The summed E-state index contributed by atoms with van der Waals surface area (Å²) >= 11 is 0. The molecule has 0 spiro atoms. The molecule has 0 aromatic carbocycles. The van der Waals surface area contributed by atoms with Crippen molar-refractivity contribution in [3.8, 4) is 0 Å². The highest BCUT2D eigenvalue weighted by atomic mass is 15.1. The van der Waals surface area contributed by atoms with E-state index in [1.54, 1.807) is 5.82 Å². The van der Waals surface area contributed by atoms with Crippen LogP contribution in [-0.2, 0) is 19.5 Å². The van der Waals surface area contributed by atoms with Crippen LogP contribution < -0.4 is 4.57 Å². The van der Waals surface area contributed by atoms with Crippen LogP contribution in [0.2, 0.25) is 0 Å². The van der Waals surface area contributed by atoms with Crippen molar-refractivity contribution in [2.24, 2.45) is 0 Å². The van der Waals surface area contributed by atoms with Gasteiger partial charge in [-0.2, -0.15) is 0 Å². The van der Waals surface area contributed by atoms with Gasteiger partial charge in [0.05, 0.1) is 13.1 Å². The molecular weight excluding hydrogens is 508 g/mol. The second kappa shape index (κ2) is 31.6. The van der Waals surface area contributed by atoms with Gasteiger partial charge in [0.25, 0.3) is 5.82 Å². The van der Waals surface area contributed by atoms with E-state index < -0.39 is 0 Å². The molecule has 0 aliphatic carbocycles. The lowest BCUT2D eigenvalue weighted by Gasteiger charge is -2.07. The van der Waals surface area contributed by atoms with Gasteiger partial charge >= 0.3 is 0 Å². The lowest BCUT2D eigenvalue weighted by atomic mass is 10.0. The molecule has 0 amide bonds. The number of imidazole rings is 1. The van der Waals surface area contributed by atoms with Gasteiger partial charge in [0.2, 0.25) is 0 Å². The Morgan fingerprint density at radius 3 is 1.14 bits per heavy atom. The molecule has 0 atom stereocenters. The van der Waals surface area contributed by atoms with Gasteiger partial charge in [0.1, 0.15) is 12.4 Å². The summed E-state index contributed by atoms with van der Waals surface area (Å²) in [5.41, 5.74) is 0. The summed E-state index contributed by atoms with van der Waals surface area (Å²) < 4.78 is 5.27. The van der Waals surface area contributed by atoms with E-state index in [4.69, 9.17) is 0 Å². The van der Waals surface area contributed by atoms with E-state index in [-0.39, 0.29) is 0 Å². The number of nitrogens with zero attached hydrogens (tertiary/aromatic N) is 2. The Hall–Kier alpha value is -0.790. The molecule has 0 N–H and O–H groups in total. The lowest BCUT2D eigenvalue weighted by Crippen LogP contribution is -2.37. The third-order valence-corrected chi connectivity index (χ3v) is 9.60. The first-order valence-corrected chi connectivity index (χ1v) is 19.9. The number of hydrogen-bond donors (Lipinski definition) is 0. The van der Waals surface area contributed by atoms with Gasteiger partial charge in [-0.1, -0.05) is 188 Å². The summed E-state index contributed by atoms with van der Waals surface area (Å²) in [5, 5.41) is 0. The van der Waals surface area contributed by atoms with E-state index in [1.165, 1.54) is 219 Å². The number of rotatable bonds is 34. The van der Waals surface area contributed by atoms with E-state index in [0.29, 0.717) is 0 Å². The first-order chi connectivity index (χ1) is 20.8. The van der Waals surface area contributed by atoms with Gasteiger partial charge in [-0.3, -0.25) is 0 Å². The standard InChI is InChI=1S/C40H79N2/c1-4-7-10-13-16-19-21-22-23-24-26-29-32-35-40-41(36-33-30-27-18-15-12-9-6-3)38-39-42(40)37-34-31-28-25-20-17-14-11-8-5-2/h38-39H,4-37H2,1-3H3/q+1. The minimum absolute atomic E-state index is 1.23. The van der Waals surface area contributed by atoms with Crippen LogP contribution >= 0.6 is 0 Å². The molecule has 0 saturated heterocycles. The Morgan fingerprint density at radius 1 is 0.405 bits per heavy atom. The normalized spacial score (nSPS) is 11.6. The average Bonchev–Trinajstić information content (AvgIpc) is 3.38. The van der Waals surface area contributed by atoms with Gasteiger partial charge < -0.3 is 0 Å². The van der Waals surface area contributed by atoms with Gasteiger partial charge in [-0.25, -0.2) is 9.13 Å². The van der Waals surface area contributed by atoms with E-state index in [9.17, 15) is 0 Å². The SMILES string of the molecule is CCCCCCCCCCCCCCCc1n(CCCCCCCCCCCC)cc[n+]1CCCCCCCCCC. The van der Waals surface area contributed by atoms with Crippen LogP contribution in [0.4, 0.5) is 0 Å². The molecule has 0 unspecified atom stereocenters. The lowest BCUT2D eigenvalue weighted by molar-refractivity contribution is -0.704. The fourth-order valence-corrected chi connectivity index (χ4v) is 6.68. The van der Waals surface area contributed by atoms with Crippen LogP contribution in [0.25, 0.3) is 0 Å². The maximum atomic E-state index is 2.63. The molecule has 248 valence electrons. The Labute approximate surface area is 266 Å². The van der Waals surface area contributed by atoms with Crippen molar-refractivity contribution < 1.29 is 4.57 Å². The summed E-state index contributed by atoms with van der Waals surface area (Å²) in [7, 11) is 0. The highest BCUT2D eigenvalue weighted by Gasteiger charge is 2.16. The number of unbranched alkanes of at least 4 members (excludes halogenated alkanes) is 28. The summed E-state index contributed by atoms with van der Waals surface area (Å²) in [6.07, 6.45) is 50.4. The third kappa shape index (κ3) is 23.6. The summed E-state index contributed by atoms with van der Waals surface area (Å²) in [6.45, 7) is 9.40. The van der Waals surface area contributed by atoms with Crippen molar-refractivity contribution in [1.82, 2.24) is 4.57 Å². The van der Waals surface area contributed by atoms with Crippen molar-refractivity contribution in [1.29, 1.82) is 0 Å². The van der Waals surface area contributed by atoms with Crippen LogP contribution in [0.15, 0.2) is 12.4 Å². The Bertz CT molecular complexity index is 648. The first kappa shape index (κ1) is 39.2. The maximum absolute atomic E-state index is 2.63. The predicted octanol–water partition coefficient (Wildman–Crippen LogP) is 13.5. The Balaban J connectivity index is 2.29. The van der Waals surface area contributed by atoms with Crippen LogP contribution in [0.3, 0.4) is 0 Å². The minimum atomic E-state index is 1.23. The fraction of sp³-hybridized carbons (Fsp3) is 0.925. The molecule has 0 bridgehead atoms. The van der Waals surface area contributed by atoms with E-state index in [0.717, 1.165) is 0 Å². The highest BCUT2D eigenvalue weighted by Crippen LogP contribution is 2.15. The predicted molar refractivity (Wildman–Crippen MR) is 188 cm³/mol. The van der Waals surface area contributed by atoms with E-state index >= 15 is 0 Å². The van der Waals surface area contributed by atoms with Crippen molar-refractivity contribution in [3.63, 3.8) is 0 Å². The van der Waals surface area contributed by atoms with E-state index in [2.05, 4.69) is 42.3 Å². The van der Waals surface area contributed by atoms with Crippen LogP contribution in [0.1, 0.15) is 226 Å². The molecule has 0 fully saturated rings. The van der Waals surface area contributed by atoms with Gasteiger partial charge in [0, 0.05) is 6.42 Å². The summed E-state index contributed by atoms with van der Waals surface area (Å²) in [5.74, 6) is 1.62. The van der Waals surface area contributed by atoms with Crippen LogP contribution in [0, 0.1) is 0 Å². The summed E-state index contributed by atoms with van der Waals surface area (Å²) in [4.78, 5) is 0. The molecule has 1 heterocycles. The zero-order valence-electron chi connectivity index (χ0n) is 29.6. The zero-order valence-corrected chi connectivity index (χ0v) is 29.6.